The van der Waals surface area contributed by atoms with Crippen molar-refractivity contribution in [3.8, 4) is 0 Å². The molecule has 4 bridgehead atoms. The molecule has 0 aromatic carbocycles. The molecule has 0 radical (unpaired) electrons. The first-order valence-corrected chi connectivity index (χ1v) is 14.1. The molecule has 4 aliphatic carbocycles. The monoisotopic (exact) mass is 506 g/mol. The van der Waals surface area contributed by atoms with Gasteiger partial charge in [-0.15, -0.1) is 0 Å². The van der Waals surface area contributed by atoms with Crippen molar-refractivity contribution in [2.45, 2.75) is 122 Å². The van der Waals surface area contributed by atoms with Crippen LogP contribution < -0.4 is 0 Å². The van der Waals surface area contributed by atoms with E-state index in [4.69, 9.17) is 23.7 Å². The summed E-state index contributed by atoms with van der Waals surface area (Å²) in [5.41, 5.74) is -2.23. The summed E-state index contributed by atoms with van der Waals surface area (Å²) in [6.45, 7) is 4.87. The lowest BCUT2D eigenvalue weighted by Gasteiger charge is -2.60. The van der Waals surface area contributed by atoms with Crippen LogP contribution in [0.15, 0.2) is 0 Å². The van der Waals surface area contributed by atoms with Gasteiger partial charge in [0.15, 0.2) is 0 Å². The summed E-state index contributed by atoms with van der Waals surface area (Å²) < 4.78 is 28.9. The van der Waals surface area contributed by atoms with Gasteiger partial charge in [-0.3, -0.25) is 14.4 Å². The number of ether oxygens (including phenoxy) is 5. The van der Waals surface area contributed by atoms with Crippen molar-refractivity contribution in [2.24, 2.45) is 22.7 Å². The van der Waals surface area contributed by atoms with Gasteiger partial charge in [0.25, 0.3) is 0 Å². The zero-order valence-electron chi connectivity index (χ0n) is 21.9. The van der Waals surface area contributed by atoms with E-state index >= 15 is 0 Å². The summed E-state index contributed by atoms with van der Waals surface area (Å²) in [5, 5.41) is 0. The third-order valence-corrected chi connectivity index (χ3v) is 9.33. The van der Waals surface area contributed by atoms with Crippen molar-refractivity contribution in [1.82, 2.24) is 0 Å². The Morgan fingerprint density at radius 1 is 0.889 bits per heavy atom. The minimum Gasteiger partial charge on any atom is -0.459 e. The average Bonchev–Trinajstić information content (AvgIpc) is 2.84. The summed E-state index contributed by atoms with van der Waals surface area (Å²) in [4.78, 5) is 39.7. The number of rotatable bonds is 8. The molecule has 36 heavy (non-hydrogen) atoms. The molecule has 5 unspecified atom stereocenters. The van der Waals surface area contributed by atoms with Gasteiger partial charge in [0.1, 0.15) is 5.60 Å². The van der Waals surface area contributed by atoms with Crippen LogP contribution in [-0.2, 0) is 38.1 Å². The summed E-state index contributed by atoms with van der Waals surface area (Å²) in [7, 11) is 0. The fourth-order valence-electron chi connectivity index (χ4n) is 7.59. The number of carbonyl (C=O) groups is 3. The van der Waals surface area contributed by atoms with Gasteiger partial charge in [-0.05, 0) is 83.0 Å². The number of carbonyl (C=O) groups excluding carboxylic acids is 3. The number of esters is 3. The molecule has 0 amide bonds. The van der Waals surface area contributed by atoms with Crippen molar-refractivity contribution in [3.05, 3.63) is 0 Å². The Labute approximate surface area is 214 Å². The molecule has 202 valence electrons. The van der Waals surface area contributed by atoms with Crippen LogP contribution in [0, 0.1) is 22.7 Å². The molecule has 0 aromatic rings. The highest BCUT2D eigenvalue weighted by Gasteiger charge is 2.63. The van der Waals surface area contributed by atoms with E-state index in [-0.39, 0.29) is 18.4 Å². The van der Waals surface area contributed by atoms with Gasteiger partial charge < -0.3 is 23.7 Å². The molecule has 0 N–H and O–H groups in total. The van der Waals surface area contributed by atoms with Gasteiger partial charge in [-0.25, -0.2) is 0 Å². The van der Waals surface area contributed by atoms with Gasteiger partial charge in [0.2, 0.25) is 12.6 Å². The highest BCUT2D eigenvalue weighted by atomic mass is 16.7. The highest BCUT2D eigenvalue weighted by Crippen LogP contribution is 2.63. The highest BCUT2D eigenvalue weighted by molar-refractivity contribution is 5.83. The third-order valence-electron chi connectivity index (χ3n) is 9.33. The molecular weight excluding hydrogens is 464 g/mol. The molecule has 8 nitrogen and oxygen atoms in total. The van der Waals surface area contributed by atoms with Crippen molar-refractivity contribution in [3.63, 3.8) is 0 Å². The Bertz CT molecular complexity index is 828. The van der Waals surface area contributed by atoms with E-state index in [0.717, 1.165) is 64.2 Å². The van der Waals surface area contributed by atoms with Crippen LogP contribution in [0.2, 0.25) is 0 Å². The van der Waals surface area contributed by atoms with Crippen molar-refractivity contribution in [2.75, 3.05) is 13.2 Å². The van der Waals surface area contributed by atoms with E-state index in [9.17, 15) is 14.4 Å². The number of hydrogen-bond acceptors (Lipinski definition) is 8. The number of hydrogen-bond donors (Lipinski definition) is 0. The van der Waals surface area contributed by atoms with Crippen LogP contribution in [0.3, 0.4) is 0 Å². The molecule has 2 saturated heterocycles. The molecule has 6 aliphatic rings. The van der Waals surface area contributed by atoms with E-state index in [2.05, 4.69) is 0 Å². The van der Waals surface area contributed by atoms with E-state index in [0.29, 0.717) is 44.3 Å². The van der Waals surface area contributed by atoms with Gasteiger partial charge >= 0.3 is 17.9 Å². The van der Waals surface area contributed by atoms with Crippen molar-refractivity contribution in [1.29, 1.82) is 0 Å². The Balaban J connectivity index is 1.23. The molecule has 2 heterocycles. The van der Waals surface area contributed by atoms with Crippen LogP contribution in [-0.4, -0.2) is 49.3 Å². The molecular formula is C28H42O8. The summed E-state index contributed by atoms with van der Waals surface area (Å²) >= 11 is 0. The summed E-state index contributed by atoms with van der Waals surface area (Å²) in [6, 6.07) is 0. The Kier molecular flexibility index (Phi) is 7.38. The third kappa shape index (κ3) is 5.31. The van der Waals surface area contributed by atoms with Gasteiger partial charge in [-0.1, -0.05) is 6.92 Å². The fraction of sp³-hybridized carbons (Fsp3) is 0.893. The lowest BCUT2D eigenvalue weighted by molar-refractivity contribution is -0.230. The molecule has 8 heteroatoms. The van der Waals surface area contributed by atoms with Crippen molar-refractivity contribution >= 4 is 17.9 Å². The maximum absolute atomic E-state index is 13.4. The van der Waals surface area contributed by atoms with Crippen LogP contribution >= 0.6 is 0 Å². The zero-order chi connectivity index (χ0) is 25.4. The molecule has 0 aromatic heterocycles. The van der Waals surface area contributed by atoms with Crippen LogP contribution in [0.4, 0.5) is 0 Å². The van der Waals surface area contributed by atoms with Crippen LogP contribution in [0.1, 0.15) is 104 Å². The molecule has 2 aliphatic heterocycles. The molecule has 4 saturated carbocycles. The fourth-order valence-corrected chi connectivity index (χ4v) is 7.59. The van der Waals surface area contributed by atoms with E-state index < -0.39 is 35.0 Å². The van der Waals surface area contributed by atoms with E-state index in [1.807, 2.05) is 6.92 Å². The van der Waals surface area contributed by atoms with Gasteiger partial charge in [0, 0.05) is 19.3 Å². The normalized spacial score (nSPS) is 39.2. The summed E-state index contributed by atoms with van der Waals surface area (Å²) in [5.74, 6) is -0.276. The molecule has 6 rings (SSSR count). The maximum atomic E-state index is 13.4. The Morgan fingerprint density at radius 2 is 1.50 bits per heavy atom. The average molecular weight is 507 g/mol. The smallest absolute Gasteiger partial charge is 0.314 e. The van der Waals surface area contributed by atoms with Crippen LogP contribution in [0.25, 0.3) is 0 Å². The Morgan fingerprint density at radius 3 is 2.06 bits per heavy atom. The lowest BCUT2D eigenvalue weighted by Crippen LogP contribution is -2.60. The molecule has 5 atom stereocenters. The minimum atomic E-state index is -0.977. The first-order chi connectivity index (χ1) is 17.2. The largest absolute Gasteiger partial charge is 0.459 e. The summed E-state index contributed by atoms with van der Waals surface area (Å²) in [6.07, 6.45) is 9.55. The topological polar surface area (TPSA) is 97.4 Å². The molecule has 6 fully saturated rings. The second-order valence-electron chi connectivity index (χ2n) is 12.4. The van der Waals surface area contributed by atoms with E-state index in [1.54, 1.807) is 6.92 Å². The predicted molar refractivity (Wildman–Crippen MR) is 128 cm³/mol. The second kappa shape index (κ2) is 10.2. The zero-order valence-corrected chi connectivity index (χ0v) is 21.9. The maximum Gasteiger partial charge on any atom is 0.314 e. The quantitative estimate of drug-likeness (QED) is 0.342. The predicted octanol–water partition coefficient (Wildman–Crippen LogP) is 4.81. The van der Waals surface area contributed by atoms with Crippen LogP contribution in [0.5, 0.6) is 0 Å². The minimum absolute atomic E-state index is 0.0422. The first-order valence-electron chi connectivity index (χ1n) is 14.1. The SMILES string of the molecule is CCC(C)(CC(=O)OC12CC3CC(C1)CC(C(=O)OC1CCCCO1)(C3)C2)C(=O)OC1CCCCO1. The second-order valence-corrected chi connectivity index (χ2v) is 12.4. The lowest BCUT2D eigenvalue weighted by atomic mass is 9.48. The first kappa shape index (κ1) is 26.0. The Hall–Kier alpha value is -1.67. The van der Waals surface area contributed by atoms with Crippen molar-refractivity contribution < 1.29 is 38.1 Å². The van der Waals surface area contributed by atoms with E-state index in [1.165, 1.54) is 0 Å². The van der Waals surface area contributed by atoms with Gasteiger partial charge in [0.05, 0.1) is 30.5 Å². The standard InChI is InChI=1S/C28H42O8/c1-3-26(2,24(30)34-22-8-4-6-10-32-22)17-21(29)36-28-15-19-12-20(16-28)14-27(13-19,18-28)25(31)35-23-9-5-7-11-33-23/h19-20,22-23H,3-18H2,1-2H3. The molecule has 0 spiro atoms. The van der Waals surface area contributed by atoms with Gasteiger partial charge in [-0.2, -0.15) is 0 Å².